The summed E-state index contributed by atoms with van der Waals surface area (Å²) >= 11 is 12.1. The van der Waals surface area contributed by atoms with Crippen LogP contribution in [0, 0.1) is 10.1 Å². The molecule has 0 N–H and O–H groups in total. The lowest BCUT2D eigenvalue weighted by molar-refractivity contribution is -0.384. The molecule has 108 valence electrons. The highest BCUT2D eigenvalue weighted by Gasteiger charge is 2.23. The Kier molecular flexibility index (Phi) is 3.69. The Morgan fingerprint density at radius 1 is 1.29 bits per heavy atom. The van der Waals surface area contributed by atoms with Gasteiger partial charge in [0.15, 0.2) is 5.82 Å². The van der Waals surface area contributed by atoms with Crippen LogP contribution in [0.1, 0.15) is 12.0 Å². The molecule has 0 unspecified atom stereocenters. The van der Waals surface area contributed by atoms with Gasteiger partial charge in [-0.15, -0.1) is 0 Å². The van der Waals surface area contributed by atoms with Crippen molar-refractivity contribution < 1.29 is 4.92 Å². The number of benzene rings is 1. The molecule has 0 atom stereocenters. The van der Waals surface area contributed by atoms with Gasteiger partial charge in [-0.05, 0) is 30.5 Å². The predicted octanol–water partition coefficient (Wildman–Crippen LogP) is 4.38. The molecule has 0 radical (unpaired) electrons. The van der Waals surface area contributed by atoms with Gasteiger partial charge in [-0.2, -0.15) is 0 Å². The van der Waals surface area contributed by atoms with E-state index in [0.717, 1.165) is 30.6 Å². The molecule has 1 aromatic heterocycles. The molecule has 1 aromatic carbocycles. The quantitative estimate of drug-likeness (QED) is 0.607. The maximum atomic E-state index is 10.9. The largest absolute Gasteiger partial charge is 0.325 e. The molecule has 0 fully saturated rings. The van der Waals surface area contributed by atoms with Gasteiger partial charge >= 0.3 is 0 Å². The second-order valence-electron chi connectivity index (χ2n) is 4.78. The summed E-state index contributed by atoms with van der Waals surface area (Å²) in [5, 5.41) is 11.8. The van der Waals surface area contributed by atoms with Crippen molar-refractivity contribution in [2.24, 2.45) is 0 Å². The summed E-state index contributed by atoms with van der Waals surface area (Å²) < 4.78 is 0. The minimum atomic E-state index is -0.382. The highest BCUT2D eigenvalue weighted by molar-refractivity contribution is 6.36. The second-order valence-corrected chi connectivity index (χ2v) is 5.63. The Hall–Kier alpha value is -1.85. The average Bonchev–Trinajstić information content (AvgIpc) is 2.46. The zero-order chi connectivity index (χ0) is 15.0. The number of aromatic nitrogens is 1. The SMILES string of the molecule is O=[N+]([O-])c1ccc2c(c1)CCCN2c1ncc(Cl)cc1Cl. The zero-order valence-corrected chi connectivity index (χ0v) is 12.4. The Balaban J connectivity index is 2.06. The van der Waals surface area contributed by atoms with Crippen molar-refractivity contribution in [2.45, 2.75) is 12.8 Å². The molecule has 0 spiro atoms. The van der Waals surface area contributed by atoms with Crippen LogP contribution in [0.2, 0.25) is 10.0 Å². The predicted molar refractivity (Wildman–Crippen MR) is 82.7 cm³/mol. The third-order valence-electron chi connectivity index (χ3n) is 3.44. The fourth-order valence-electron chi connectivity index (χ4n) is 2.52. The molecule has 0 bridgehead atoms. The number of aryl methyl sites for hydroxylation is 1. The normalized spacial score (nSPS) is 13.9. The molecular weight excluding hydrogens is 313 g/mol. The van der Waals surface area contributed by atoms with Crippen molar-refractivity contribution >= 4 is 40.4 Å². The summed E-state index contributed by atoms with van der Waals surface area (Å²) in [6.45, 7) is 0.763. The number of non-ortho nitro benzene ring substituents is 1. The number of nitrogens with zero attached hydrogens (tertiary/aromatic N) is 3. The molecule has 1 aliphatic heterocycles. The monoisotopic (exact) mass is 323 g/mol. The molecule has 0 saturated heterocycles. The van der Waals surface area contributed by atoms with Crippen LogP contribution >= 0.6 is 23.2 Å². The lowest BCUT2D eigenvalue weighted by Gasteiger charge is -2.30. The summed E-state index contributed by atoms with van der Waals surface area (Å²) in [5.74, 6) is 0.621. The number of halogens is 2. The molecule has 5 nitrogen and oxygen atoms in total. The minimum Gasteiger partial charge on any atom is -0.325 e. The van der Waals surface area contributed by atoms with Crippen LogP contribution in [0.25, 0.3) is 0 Å². The van der Waals surface area contributed by atoms with Crippen molar-refractivity contribution in [2.75, 3.05) is 11.4 Å². The standard InChI is InChI=1S/C14H11Cl2N3O2/c15-10-7-12(16)14(17-8-10)18-5-1-2-9-6-11(19(20)21)3-4-13(9)18/h3-4,6-8H,1-2,5H2. The van der Waals surface area contributed by atoms with Crippen molar-refractivity contribution in [1.29, 1.82) is 0 Å². The van der Waals surface area contributed by atoms with Gasteiger partial charge in [0.05, 0.1) is 15.0 Å². The van der Waals surface area contributed by atoms with Crippen molar-refractivity contribution in [3.05, 3.63) is 56.2 Å². The molecule has 3 rings (SSSR count). The first-order valence-electron chi connectivity index (χ1n) is 6.42. The smallest absolute Gasteiger partial charge is 0.269 e. The van der Waals surface area contributed by atoms with Crippen LogP contribution in [-0.4, -0.2) is 16.5 Å². The summed E-state index contributed by atoms with van der Waals surface area (Å²) in [6, 6.07) is 6.51. The summed E-state index contributed by atoms with van der Waals surface area (Å²) in [5.41, 5.74) is 1.94. The van der Waals surface area contributed by atoms with Gasteiger partial charge in [-0.3, -0.25) is 10.1 Å². The van der Waals surface area contributed by atoms with Crippen molar-refractivity contribution in [1.82, 2.24) is 4.98 Å². The van der Waals surface area contributed by atoms with E-state index in [1.165, 1.54) is 6.07 Å². The number of pyridine rings is 1. The number of hydrogen-bond donors (Lipinski definition) is 0. The van der Waals surface area contributed by atoms with Crippen LogP contribution in [-0.2, 0) is 6.42 Å². The Morgan fingerprint density at radius 3 is 2.81 bits per heavy atom. The highest BCUT2D eigenvalue weighted by Crippen LogP contribution is 2.37. The molecule has 0 amide bonds. The first-order valence-corrected chi connectivity index (χ1v) is 7.18. The van der Waals surface area contributed by atoms with Gasteiger partial charge in [0.2, 0.25) is 0 Å². The second kappa shape index (κ2) is 5.50. The van der Waals surface area contributed by atoms with E-state index in [2.05, 4.69) is 4.98 Å². The van der Waals surface area contributed by atoms with Gasteiger partial charge in [-0.1, -0.05) is 23.2 Å². The summed E-state index contributed by atoms with van der Waals surface area (Å²) in [6.07, 6.45) is 3.23. The Bertz CT molecular complexity index is 721. The Labute approximate surface area is 131 Å². The molecule has 2 aromatic rings. The van der Waals surface area contributed by atoms with Crippen molar-refractivity contribution in [3.63, 3.8) is 0 Å². The molecule has 0 aliphatic carbocycles. The highest BCUT2D eigenvalue weighted by atomic mass is 35.5. The van der Waals surface area contributed by atoms with Crippen LogP contribution in [0.15, 0.2) is 30.5 Å². The van der Waals surface area contributed by atoms with E-state index in [-0.39, 0.29) is 10.6 Å². The lowest BCUT2D eigenvalue weighted by Crippen LogP contribution is -2.25. The molecule has 1 aliphatic rings. The number of anilines is 2. The van der Waals surface area contributed by atoms with E-state index in [1.54, 1.807) is 24.4 Å². The van der Waals surface area contributed by atoms with Crippen LogP contribution in [0.4, 0.5) is 17.2 Å². The van der Waals surface area contributed by atoms with Gasteiger partial charge in [-0.25, -0.2) is 4.98 Å². The molecule has 2 heterocycles. The third kappa shape index (κ3) is 2.66. The molecular formula is C14H11Cl2N3O2. The summed E-state index contributed by atoms with van der Waals surface area (Å²) in [4.78, 5) is 16.8. The maximum absolute atomic E-state index is 10.9. The number of rotatable bonds is 2. The van der Waals surface area contributed by atoms with E-state index in [0.29, 0.717) is 15.9 Å². The number of fused-ring (bicyclic) bond motifs is 1. The van der Waals surface area contributed by atoms with E-state index in [1.807, 2.05) is 4.90 Å². The fourth-order valence-corrected chi connectivity index (χ4v) is 3.01. The number of nitro benzene ring substituents is 1. The first-order chi connectivity index (χ1) is 10.1. The van der Waals surface area contributed by atoms with Crippen LogP contribution in [0.3, 0.4) is 0 Å². The van der Waals surface area contributed by atoms with Gasteiger partial charge in [0.25, 0.3) is 5.69 Å². The summed E-state index contributed by atoms with van der Waals surface area (Å²) in [7, 11) is 0. The number of hydrogen-bond acceptors (Lipinski definition) is 4. The minimum absolute atomic E-state index is 0.103. The number of nitro groups is 1. The van der Waals surface area contributed by atoms with Crippen LogP contribution in [0.5, 0.6) is 0 Å². The van der Waals surface area contributed by atoms with Gasteiger partial charge in [0.1, 0.15) is 0 Å². The first kappa shape index (κ1) is 14.1. The maximum Gasteiger partial charge on any atom is 0.269 e. The third-order valence-corrected chi connectivity index (χ3v) is 3.92. The molecule has 0 saturated carbocycles. The lowest BCUT2D eigenvalue weighted by atomic mass is 10.0. The van der Waals surface area contributed by atoms with Gasteiger partial charge < -0.3 is 4.90 Å². The van der Waals surface area contributed by atoms with Crippen molar-refractivity contribution in [3.8, 4) is 0 Å². The zero-order valence-electron chi connectivity index (χ0n) is 10.9. The van der Waals surface area contributed by atoms with E-state index in [9.17, 15) is 10.1 Å². The van der Waals surface area contributed by atoms with E-state index < -0.39 is 0 Å². The average molecular weight is 324 g/mol. The van der Waals surface area contributed by atoms with Crippen LogP contribution < -0.4 is 4.90 Å². The van der Waals surface area contributed by atoms with E-state index in [4.69, 9.17) is 23.2 Å². The Morgan fingerprint density at radius 2 is 2.10 bits per heavy atom. The van der Waals surface area contributed by atoms with Gasteiger partial charge in [0, 0.05) is 30.6 Å². The van der Waals surface area contributed by atoms with E-state index >= 15 is 0 Å². The molecule has 7 heteroatoms. The molecule has 21 heavy (non-hydrogen) atoms. The fraction of sp³-hybridized carbons (Fsp3) is 0.214. The topological polar surface area (TPSA) is 59.3 Å².